The van der Waals surface area contributed by atoms with Crippen LogP contribution in [0.2, 0.25) is 0 Å². The third kappa shape index (κ3) is 3.51. The van der Waals surface area contributed by atoms with E-state index in [4.69, 9.17) is 5.11 Å². The van der Waals surface area contributed by atoms with Crippen LogP contribution in [0, 0.1) is 0 Å². The van der Waals surface area contributed by atoms with E-state index in [1.165, 1.54) is 12.4 Å². The van der Waals surface area contributed by atoms with E-state index in [0.29, 0.717) is 12.0 Å². The van der Waals surface area contributed by atoms with Crippen LogP contribution in [-0.2, 0) is 17.8 Å². The van der Waals surface area contributed by atoms with Gasteiger partial charge in [-0.1, -0.05) is 0 Å². The zero-order valence-electron chi connectivity index (χ0n) is 7.36. The first kappa shape index (κ1) is 10.6. The van der Waals surface area contributed by atoms with Crippen molar-refractivity contribution in [3.63, 3.8) is 0 Å². The van der Waals surface area contributed by atoms with Crippen molar-refractivity contribution in [3.05, 3.63) is 18.0 Å². The summed E-state index contributed by atoms with van der Waals surface area (Å²) in [4.78, 5) is 10.2. The van der Waals surface area contributed by atoms with Crippen LogP contribution in [-0.4, -0.2) is 27.3 Å². The summed E-state index contributed by atoms with van der Waals surface area (Å²) in [7, 11) is 0. The molecule has 1 aromatic heterocycles. The molecule has 1 aromatic rings. The fourth-order valence-corrected chi connectivity index (χ4v) is 1.03. The summed E-state index contributed by atoms with van der Waals surface area (Å²) in [5, 5.41) is 12.1. The van der Waals surface area contributed by atoms with Gasteiger partial charge in [-0.15, -0.1) is 0 Å². The maximum Gasteiger partial charge on any atom is 0.303 e. The van der Waals surface area contributed by atoms with E-state index >= 15 is 0 Å². The minimum absolute atomic E-state index is 0.0135. The second-order valence-corrected chi connectivity index (χ2v) is 2.86. The van der Waals surface area contributed by atoms with Crippen LogP contribution >= 0.6 is 0 Å². The molecule has 14 heavy (non-hydrogen) atoms. The van der Waals surface area contributed by atoms with Crippen molar-refractivity contribution in [1.82, 2.24) is 9.78 Å². The molecule has 0 amide bonds. The number of rotatable bonds is 5. The first-order valence-electron chi connectivity index (χ1n) is 4.09. The summed E-state index contributed by atoms with van der Waals surface area (Å²) in [5.74, 6) is -0.911. The van der Waals surface area contributed by atoms with Gasteiger partial charge in [-0.3, -0.25) is 9.48 Å². The van der Waals surface area contributed by atoms with Gasteiger partial charge in [0.1, 0.15) is 6.54 Å². The van der Waals surface area contributed by atoms with Gasteiger partial charge in [-0.2, -0.15) is 5.10 Å². The first-order chi connectivity index (χ1) is 6.58. The van der Waals surface area contributed by atoms with Gasteiger partial charge in [0.25, 0.3) is 6.43 Å². The van der Waals surface area contributed by atoms with Gasteiger partial charge in [0.05, 0.1) is 6.20 Å². The van der Waals surface area contributed by atoms with Gasteiger partial charge in [0, 0.05) is 12.6 Å². The molecule has 0 saturated heterocycles. The Hall–Kier alpha value is -1.46. The zero-order chi connectivity index (χ0) is 10.6. The largest absolute Gasteiger partial charge is 0.481 e. The molecule has 0 radical (unpaired) electrons. The number of carbonyl (C=O) groups is 1. The Morgan fingerprint density at radius 2 is 2.36 bits per heavy atom. The third-order valence-electron chi connectivity index (χ3n) is 1.64. The second kappa shape index (κ2) is 4.69. The maximum absolute atomic E-state index is 11.9. The monoisotopic (exact) mass is 204 g/mol. The highest BCUT2D eigenvalue weighted by Crippen LogP contribution is 2.04. The molecule has 1 heterocycles. The van der Waals surface area contributed by atoms with Crippen molar-refractivity contribution >= 4 is 5.97 Å². The maximum atomic E-state index is 11.9. The Balaban J connectivity index is 2.46. The number of aliphatic carboxylic acids is 1. The van der Waals surface area contributed by atoms with Gasteiger partial charge in [-0.05, 0) is 12.0 Å². The highest BCUT2D eigenvalue weighted by molar-refractivity contribution is 5.67. The molecule has 0 spiro atoms. The minimum Gasteiger partial charge on any atom is -0.481 e. The van der Waals surface area contributed by atoms with Crippen molar-refractivity contribution in [2.75, 3.05) is 0 Å². The van der Waals surface area contributed by atoms with E-state index in [0.717, 1.165) is 4.68 Å². The van der Waals surface area contributed by atoms with Gasteiger partial charge in [0.2, 0.25) is 0 Å². The molecule has 0 atom stereocenters. The molecule has 0 unspecified atom stereocenters. The highest BCUT2D eigenvalue weighted by Gasteiger charge is 2.06. The standard InChI is InChI=1S/C8H10F2N2O2/c9-7(10)5-12-4-6(3-11-12)1-2-8(13)14/h3-4,7H,1-2,5H2,(H,13,14). The van der Waals surface area contributed by atoms with E-state index in [2.05, 4.69) is 5.10 Å². The highest BCUT2D eigenvalue weighted by atomic mass is 19.3. The second-order valence-electron chi connectivity index (χ2n) is 2.86. The molecule has 78 valence electrons. The lowest BCUT2D eigenvalue weighted by Gasteiger charge is -1.97. The molecule has 1 rings (SSSR count). The molecule has 4 nitrogen and oxygen atoms in total. The Labute approximate surface area is 79.2 Å². The van der Waals surface area contributed by atoms with Crippen molar-refractivity contribution in [2.45, 2.75) is 25.8 Å². The van der Waals surface area contributed by atoms with Gasteiger partial charge in [-0.25, -0.2) is 8.78 Å². The lowest BCUT2D eigenvalue weighted by molar-refractivity contribution is -0.136. The number of nitrogens with zero attached hydrogens (tertiary/aromatic N) is 2. The quantitative estimate of drug-likeness (QED) is 0.783. The van der Waals surface area contributed by atoms with Crippen LogP contribution in [0.4, 0.5) is 8.78 Å². The number of carboxylic acids is 1. The Morgan fingerprint density at radius 3 is 2.93 bits per heavy atom. The molecule has 0 aliphatic rings. The Morgan fingerprint density at radius 1 is 1.64 bits per heavy atom. The molecule has 1 N–H and O–H groups in total. The van der Waals surface area contributed by atoms with Crippen LogP contribution in [0.15, 0.2) is 12.4 Å². The van der Waals surface area contributed by atoms with Crippen molar-refractivity contribution < 1.29 is 18.7 Å². The minimum atomic E-state index is -2.44. The molecule has 0 aliphatic carbocycles. The summed E-state index contributed by atoms with van der Waals surface area (Å²) in [6.45, 7) is -0.451. The average molecular weight is 204 g/mol. The molecule has 0 bridgehead atoms. The average Bonchev–Trinajstić information content (AvgIpc) is 2.47. The predicted octanol–water partition coefficient (Wildman–Crippen LogP) is 1.17. The van der Waals surface area contributed by atoms with Gasteiger partial charge < -0.3 is 5.11 Å². The fourth-order valence-electron chi connectivity index (χ4n) is 1.03. The van der Waals surface area contributed by atoms with Gasteiger partial charge >= 0.3 is 5.97 Å². The number of hydrogen-bond donors (Lipinski definition) is 1. The lowest BCUT2D eigenvalue weighted by Crippen LogP contribution is -2.06. The fraction of sp³-hybridized carbons (Fsp3) is 0.500. The number of halogens is 2. The smallest absolute Gasteiger partial charge is 0.303 e. The van der Waals surface area contributed by atoms with Crippen LogP contribution in [0.25, 0.3) is 0 Å². The summed E-state index contributed by atoms with van der Waals surface area (Å²) >= 11 is 0. The number of aryl methyl sites for hydroxylation is 1. The van der Waals surface area contributed by atoms with Crippen molar-refractivity contribution in [3.8, 4) is 0 Å². The van der Waals surface area contributed by atoms with Gasteiger partial charge in [0.15, 0.2) is 0 Å². The topological polar surface area (TPSA) is 55.1 Å². The third-order valence-corrected chi connectivity index (χ3v) is 1.64. The Bertz CT molecular complexity index is 312. The van der Waals surface area contributed by atoms with Crippen molar-refractivity contribution in [1.29, 1.82) is 0 Å². The predicted molar refractivity (Wildman–Crippen MR) is 44.2 cm³/mol. The molecule has 0 aliphatic heterocycles. The van der Waals surface area contributed by atoms with E-state index < -0.39 is 18.9 Å². The summed E-state index contributed by atoms with van der Waals surface area (Å²) in [6.07, 6.45) is 0.710. The van der Waals surface area contributed by atoms with E-state index in [-0.39, 0.29) is 6.42 Å². The van der Waals surface area contributed by atoms with E-state index in [1.54, 1.807) is 0 Å². The van der Waals surface area contributed by atoms with Crippen LogP contribution in [0.1, 0.15) is 12.0 Å². The SMILES string of the molecule is O=C(O)CCc1cnn(CC(F)F)c1. The summed E-state index contributed by atoms with van der Waals surface area (Å²) in [6, 6.07) is 0. The first-order valence-corrected chi connectivity index (χ1v) is 4.09. The van der Waals surface area contributed by atoms with Crippen LogP contribution in [0.5, 0.6) is 0 Å². The molecule has 0 saturated carbocycles. The Kier molecular flexibility index (Phi) is 3.55. The van der Waals surface area contributed by atoms with Crippen LogP contribution in [0.3, 0.4) is 0 Å². The van der Waals surface area contributed by atoms with E-state index in [9.17, 15) is 13.6 Å². The molecule has 6 heteroatoms. The zero-order valence-corrected chi connectivity index (χ0v) is 7.36. The molecular formula is C8H10F2N2O2. The molecule has 0 fully saturated rings. The normalized spacial score (nSPS) is 10.8. The van der Waals surface area contributed by atoms with Crippen molar-refractivity contribution in [2.24, 2.45) is 0 Å². The molecular weight excluding hydrogens is 194 g/mol. The number of carboxylic acid groups (broad SMARTS) is 1. The lowest BCUT2D eigenvalue weighted by atomic mass is 10.2. The van der Waals surface area contributed by atoms with E-state index in [1.807, 2.05) is 0 Å². The molecule has 0 aromatic carbocycles. The summed E-state index contributed by atoms with van der Waals surface area (Å²) in [5.41, 5.74) is 0.660. The number of alkyl halides is 2. The van der Waals surface area contributed by atoms with Crippen LogP contribution < -0.4 is 0 Å². The number of aromatic nitrogens is 2. The summed E-state index contributed by atoms with van der Waals surface area (Å²) < 4.78 is 24.9. The number of hydrogen-bond acceptors (Lipinski definition) is 2.